The van der Waals surface area contributed by atoms with Crippen molar-refractivity contribution < 1.29 is 32.3 Å². The maximum atomic E-state index is 12.1. The van der Waals surface area contributed by atoms with E-state index in [0.29, 0.717) is 19.4 Å². The first-order valence-electron chi connectivity index (χ1n) is 8.18. The van der Waals surface area contributed by atoms with Crippen molar-refractivity contribution in [3.63, 3.8) is 0 Å². The van der Waals surface area contributed by atoms with Crippen molar-refractivity contribution in [1.29, 1.82) is 0 Å². The van der Waals surface area contributed by atoms with Gasteiger partial charge in [0.25, 0.3) is 0 Å². The molecule has 144 valence electrons. The van der Waals surface area contributed by atoms with Gasteiger partial charge >= 0.3 is 6.36 Å². The van der Waals surface area contributed by atoms with E-state index >= 15 is 0 Å². The molecule has 1 aliphatic rings. The molecule has 6 nitrogen and oxygen atoms in total. The third kappa shape index (κ3) is 8.85. The van der Waals surface area contributed by atoms with Gasteiger partial charge in [0.1, 0.15) is 6.61 Å². The highest BCUT2D eigenvalue weighted by Gasteiger charge is 2.35. The van der Waals surface area contributed by atoms with Gasteiger partial charge in [-0.1, -0.05) is 20.8 Å². The number of ether oxygens (including phenoxy) is 1. The predicted octanol–water partition coefficient (Wildman–Crippen LogP) is 1.93. The Bertz CT molecular complexity index is 501. The molecule has 1 rings (SSSR count). The first-order chi connectivity index (χ1) is 11.4. The van der Waals surface area contributed by atoms with Gasteiger partial charge in [0, 0.05) is 18.9 Å². The number of carbonyl (C=O) groups is 3. The lowest BCUT2D eigenvalue weighted by Crippen LogP contribution is -2.45. The Morgan fingerprint density at radius 3 is 2.44 bits per heavy atom. The third-order valence-corrected chi connectivity index (χ3v) is 3.89. The van der Waals surface area contributed by atoms with Crippen molar-refractivity contribution in [1.82, 2.24) is 10.6 Å². The average Bonchev–Trinajstić information content (AvgIpc) is 2.86. The Balaban J connectivity index is 2.67. The van der Waals surface area contributed by atoms with Gasteiger partial charge in [-0.25, -0.2) is 0 Å². The molecule has 25 heavy (non-hydrogen) atoms. The van der Waals surface area contributed by atoms with Crippen LogP contribution in [0.5, 0.6) is 0 Å². The van der Waals surface area contributed by atoms with E-state index < -0.39 is 36.6 Å². The Labute approximate surface area is 144 Å². The van der Waals surface area contributed by atoms with Crippen LogP contribution in [0.25, 0.3) is 0 Å². The van der Waals surface area contributed by atoms with Crippen LogP contribution in [0.4, 0.5) is 13.2 Å². The van der Waals surface area contributed by atoms with Gasteiger partial charge in [-0.2, -0.15) is 0 Å². The summed E-state index contributed by atoms with van der Waals surface area (Å²) in [5.74, 6) is -2.11. The lowest BCUT2D eigenvalue weighted by Gasteiger charge is -2.22. The number of amides is 2. The monoisotopic (exact) mass is 366 g/mol. The van der Waals surface area contributed by atoms with Gasteiger partial charge in [-0.15, -0.1) is 13.2 Å². The summed E-state index contributed by atoms with van der Waals surface area (Å²) in [5, 5.41) is 5.05. The number of hydrogen-bond donors (Lipinski definition) is 2. The minimum Gasteiger partial charge on any atom is -0.356 e. The maximum Gasteiger partial charge on any atom is 0.522 e. The lowest BCUT2D eigenvalue weighted by molar-refractivity contribution is -0.321. The first-order valence-corrected chi connectivity index (χ1v) is 8.18. The predicted molar refractivity (Wildman–Crippen MR) is 83.4 cm³/mol. The summed E-state index contributed by atoms with van der Waals surface area (Å²) in [4.78, 5) is 35.7. The highest BCUT2D eigenvalue weighted by Crippen LogP contribution is 2.22. The highest BCUT2D eigenvalue weighted by molar-refractivity contribution is 5.91. The number of Topliss-reactive ketones (excluding diaryl/α,β-unsaturated/α-hetero) is 1. The summed E-state index contributed by atoms with van der Waals surface area (Å²) in [5.41, 5.74) is -0.0957. The normalized spacial score (nSPS) is 19.4. The number of hydrogen-bond acceptors (Lipinski definition) is 4. The molecule has 0 aromatic heterocycles. The topological polar surface area (TPSA) is 84.5 Å². The summed E-state index contributed by atoms with van der Waals surface area (Å²) < 4.78 is 40.0. The van der Waals surface area contributed by atoms with E-state index in [4.69, 9.17) is 0 Å². The molecule has 0 aliphatic carbocycles. The van der Waals surface area contributed by atoms with Gasteiger partial charge in [0.15, 0.2) is 5.78 Å². The zero-order valence-corrected chi connectivity index (χ0v) is 14.7. The van der Waals surface area contributed by atoms with Crippen molar-refractivity contribution in [3.05, 3.63) is 0 Å². The van der Waals surface area contributed by atoms with Crippen LogP contribution in [0.1, 0.15) is 46.5 Å². The number of ketones is 1. The fourth-order valence-corrected chi connectivity index (χ4v) is 2.43. The van der Waals surface area contributed by atoms with Gasteiger partial charge in [-0.05, 0) is 24.7 Å². The van der Waals surface area contributed by atoms with Crippen LogP contribution in [0.2, 0.25) is 0 Å². The Kier molecular flexibility index (Phi) is 7.40. The first kappa shape index (κ1) is 21.4. The molecule has 0 unspecified atom stereocenters. The average molecular weight is 366 g/mol. The lowest BCUT2D eigenvalue weighted by atomic mass is 9.90. The molecule has 1 heterocycles. The molecule has 1 aliphatic heterocycles. The second-order valence-electron chi connectivity index (χ2n) is 7.39. The SMILES string of the molecule is CC(C)(C)CCC(=O)N[C@@H](C[C@@H]1CCNC1=O)C(=O)COC(F)(F)F. The summed E-state index contributed by atoms with van der Waals surface area (Å²) in [6, 6.07) is -1.18. The van der Waals surface area contributed by atoms with Crippen molar-refractivity contribution >= 4 is 17.6 Å². The summed E-state index contributed by atoms with van der Waals surface area (Å²) >= 11 is 0. The van der Waals surface area contributed by atoms with Crippen molar-refractivity contribution in [2.75, 3.05) is 13.2 Å². The molecule has 0 aromatic carbocycles. The minimum atomic E-state index is -4.93. The fraction of sp³-hybridized carbons (Fsp3) is 0.812. The van der Waals surface area contributed by atoms with E-state index in [1.807, 2.05) is 20.8 Å². The maximum absolute atomic E-state index is 12.1. The van der Waals surface area contributed by atoms with Crippen LogP contribution in [0.15, 0.2) is 0 Å². The van der Waals surface area contributed by atoms with Gasteiger partial charge < -0.3 is 10.6 Å². The van der Waals surface area contributed by atoms with Gasteiger partial charge in [0.05, 0.1) is 6.04 Å². The molecule has 2 amide bonds. The summed E-state index contributed by atoms with van der Waals surface area (Å²) in [7, 11) is 0. The van der Waals surface area contributed by atoms with Gasteiger partial charge in [-0.3, -0.25) is 19.1 Å². The number of halogens is 3. The quantitative estimate of drug-likeness (QED) is 0.687. The zero-order chi connectivity index (χ0) is 19.3. The molecule has 0 spiro atoms. The van der Waals surface area contributed by atoms with E-state index in [1.165, 1.54) is 0 Å². The van der Waals surface area contributed by atoms with Crippen molar-refractivity contribution in [3.8, 4) is 0 Å². The van der Waals surface area contributed by atoms with E-state index in [0.717, 1.165) is 0 Å². The Morgan fingerprint density at radius 1 is 1.32 bits per heavy atom. The summed E-state index contributed by atoms with van der Waals surface area (Å²) in [6.07, 6.45) is -3.79. The van der Waals surface area contributed by atoms with Crippen molar-refractivity contribution in [2.24, 2.45) is 11.3 Å². The van der Waals surface area contributed by atoms with Crippen LogP contribution in [-0.2, 0) is 19.1 Å². The number of nitrogens with one attached hydrogen (secondary N) is 2. The molecular weight excluding hydrogens is 341 g/mol. The highest BCUT2D eigenvalue weighted by atomic mass is 19.4. The van der Waals surface area contributed by atoms with Crippen molar-refractivity contribution in [2.45, 2.75) is 58.9 Å². The molecule has 2 N–H and O–H groups in total. The smallest absolute Gasteiger partial charge is 0.356 e. The second-order valence-corrected chi connectivity index (χ2v) is 7.39. The molecule has 9 heteroatoms. The molecule has 2 atom stereocenters. The number of carbonyl (C=O) groups excluding carboxylic acids is 3. The van der Waals surface area contributed by atoms with Crippen LogP contribution in [-0.4, -0.2) is 43.2 Å². The Hall–Kier alpha value is -1.64. The molecule has 1 saturated heterocycles. The molecule has 0 aromatic rings. The third-order valence-electron chi connectivity index (χ3n) is 3.89. The van der Waals surface area contributed by atoms with E-state index in [9.17, 15) is 27.6 Å². The molecule has 0 saturated carbocycles. The Morgan fingerprint density at radius 2 is 1.96 bits per heavy atom. The molecule has 0 radical (unpaired) electrons. The van der Waals surface area contributed by atoms with Gasteiger partial charge in [0.2, 0.25) is 11.8 Å². The zero-order valence-electron chi connectivity index (χ0n) is 14.7. The second kappa shape index (κ2) is 8.64. The van der Waals surface area contributed by atoms with Crippen LogP contribution < -0.4 is 10.6 Å². The number of alkyl halides is 3. The van der Waals surface area contributed by atoms with E-state index in [2.05, 4.69) is 15.4 Å². The molecule has 0 bridgehead atoms. The van der Waals surface area contributed by atoms with E-state index in [-0.39, 0.29) is 24.2 Å². The number of rotatable bonds is 8. The minimum absolute atomic E-state index is 0.0346. The standard InChI is InChI=1S/C16H25F3N2O4/c1-15(2,3)6-4-13(23)21-11(8-10-5-7-20-14(10)24)12(22)9-25-16(17,18)19/h10-11H,4-9H2,1-3H3,(H,20,24)(H,21,23)/t10-,11-/m0/s1. The largest absolute Gasteiger partial charge is 0.522 e. The molecular formula is C16H25F3N2O4. The van der Waals surface area contributed by atoms with Crippen LogP contribution >= 0.6 is 0 Å². The van der Waals surface area contributed by atoms with E-state index in [1.54, 1.807) is 0 Å². The molecule has 1 fully saturated rings. The van der Waals surface area contributed by atoms with Crippen LogP contribution in [0.3, 0.4) is 0 Å². The summed E-state index contributed by atoms with van der Waals surface area (Å²) in [6.45, 7) is 5.10. The van der Waals surface area contributed by atoms with Crippen LogP contribution in [0, 0.1) is 11.3 Å². The fourth-order valence-electron chi connectivity index (χ4n) is 2.43.